The van der Waals surface area contributed by atoms with Crippen molar-refractivity contribution < 1.29 is 4.79 Å². The zero-order chi connectivity index (χ0) is 36.4. The smallest absolute Gasteiger partial charge is 0.298 e. The fourth-order valence-electron chi connectivity index (χ4n) is 6.06. The van der Waals surface area contributed by atoms with Gasteiger partial charge in [-0.2, -0.15) is 5.26 Å². The lowest BCUT2D eigenvalue weighted by Gasteiger charge is -2.08. The third-order valence-corrected chi connectivity index (χ3v) is 8.38. The second-order valence-electron chi connectivity index (χ2n) is 11.6. The second-order valence-corrected chi connectivity index (χ2v) is 11.6. The van der Waals surface area contributed by atoms with E-state index in [9.17, 15) is 4.79 Å². The number of carbonyl (C=O) groups excluding carboxylic acids is 1. The number of nitriles is 2. The molecule has 51 heavy (non-hydrogen) atoms. The van der Waals surface area contributed by atoms with Crippen LogP contribution in [0.15, 0.2) is 115 Å². The first kappa shape index (κ1) is 37.1. The lowest BCUT2D eigenvalue weighted by Crippen LogP contribution is -2.21. The molecule has 0 unspecified atom stereocenters. The van der Waals surface area contributed by atoms with Crippen LogP contribution in [0.3, 0.4) is 0 Å². The molecule has 3 heterocycles. The summed E-state index contributed by atoms with van der Waals surface area (Å²) in [7, 11) is 4.00. The van der Waals surface area contributed by atoms with E-state index >= 15 is 0 Å². The minimum absolute atomic E-state index is 0.0139. The highest BCUT2D eigenvalue weighted by Crippen LogP contribution is 2.35. The number of benzene rings is 4. The maximum absolute atomic E-state index is 11.4. The molecule has 0 atom stereocenters. The molecule has 1 fully saturated rings. The first-order valence-corrected chi connectivity index (χ1v) is 16.6. The lowest BCUT2D eigenvalue weighted by molar-refractivity contribution is 0.112. The molecule has 7 rings (SSSR count). The topological polar surface area (TPSA) is 95.3 Å². The van der Waals surface area contributed by atoms with E-state index in [1.54, 1.807) is 12.1 Å². The highest BCUT2D eigenvalue weighted by molar-refractivity contribution is 6.05. The molecule has 0 saturated carbocycles. The van der Waals surface area contributed by atoms with Gasteiger partial charge in [0.15, 0.2) is 6.29 Å². The number of para-hydroxylation sites is 2. The van der Waals surface area contributed by atoms with Crippen LogP contribution < -0.4 is 5.32 Å². The zero-order valence-corrected chi connectivity index (χ0v) is 28.9. The number of nitrogens with zero attached hydrogens (tertiary/aromatic N) is 6. The van der Waals surface area contributed by atoms with Gasteiger partial charge in [-0.15, -0.1) is 0 Å². The van der Waals surface area contributed by atoms with E-state index < -0.39 is 0 Å². The third-order valence-electron chi connectivity index (χ3n) is 8.38. The van der Waals surface area contributed by atoms with Crippen LogP contribution in [-0.4, -0.2) is 35.1 Å². The van der Waals surface area contributed by atoms with Gasteiger partial charge in [-0.1, -0.05) is 103 Å². The van der Waals surface area contributed by atoms with Gasteiger partial charge < -0.3 is 19.3 Å². The van der Waals surface area contributed by atoms with Gasteiger partial charge in [0.05, 0.1) is 24.0 Å². The molecule has 1 aliphatic rings. The molecular weight excluding hydrogens is 631 g/mol. The van der Waals surface area contributed by atoms with E-state index in [2.05, 4.69) is 24.1 Å². The molecule has 8 heteroatoms. The molecular formula is C43H39N7O. The number of piperidine rings is 1. The van der Waals surface area contributed by atoms with Crippen LogP contribution in [0.1, 0.15) is 35.2 Å². The van der Waals surface area contributed by atoms with Gasteiger partial charge in [0.25, 0.3) is 12.2 Å². The number of aryl methyl sites for hydroxylation is 2. The first-order chi connectivity index (χ1) is 25.0. The van der Waals surface area contributed by atoms with Crippen molar-refractivity contribution in [3.05, 3.63) is 149 Å². The van der Waals surface area contributed by atoms with E-state index in [0.29, 0.717) is 0 Å². The Morgan fingerprint density at radius 3 is 1.57 bits per heavy atom. The highest BCUT2D eigenvalue weighted by atomic mass is 16.1. The number of nitrogens with one attached hydrogen (secondary N) is 1. The summed E-state index contributed by atoms with van der Waals surface area (Å²) in [6.07, 6.45) is 6.84. The SMILES string of the molecule is C1CCNCC1.Cn1c(-c2ccccc2)c(C=O)c2ccccc21.[C-]#[N+]/C(C#N)=C\c1c(-c2ccccc2)n(C)c2ccccc12.[C-]#[N+]CC#N. The Bertz CT molecular complexity index is 2230. The molecule has 1 N–H and O–H groups in total. The van der Waals surface area contributed by atoms with Crippen LogP contribution in [0.25, 0.3) is 60.1 Å². The minimum Gasteiger partial charge on any atom is -0.343 e. The Morgan fingerprint density at radius 2 is 1.20 bits per heavy atom. The van der Waals surface area contributed by atoms with Crippen molar-refractivity contribution in [2.24, 2.45) is 14.1 Å². The summed E-state index contributed by atoms with van der Waals surface area (Å²) in [5, 5.41) is 22.0. The van der Waals surface area contributed by atoms with Crippen LogP contribution in [0.4, 0.5) is 0 Å². The summed E-state index contributed by atoms with van der Waals surface area (Å²) in [5.74, 6) is 0. The summed E-state index contributed by atoms with van der Waals surface area (Å²) < 4.78 is 4.18. The number of carbonyl (C=O) groups is 1. The predicted octanol–water partition coefficient (Wildman–Crippen LogP) is 9.48. The molecule has 252 valence electrons. The number of rotatable bonds is 4. The highest BCUT2D eigenvalue weighted by Gasteiger charge is 2.16. The monoisotopic (exact) mass is 669 g/mol. The van der Waals surface area contributed by atoms with Crippen molar-refractivity contribution in [1.29, 1.82) is 10.5 Å². The van der Waals surface area contributed by atoms with E-state index in [1.165, 1.54) is 32.4 Å². The second kappa shape index (κ2) is 19.3. The van der Waals surface area contributed by atoms with Crippen LogP contribution in [-0.2, 0) is 14.1 Å². The van der Waals surface area contributed by atoms with Gasteiger partial charge in [0.2, 0.25) is 0 Å². The van der Waals surface area contributed by atoms with Crippen LogP contribution in [0, 0.1) is 35.8 Å². The van der Waals surface area contributed by atoms with Gasteiger partial charge >= 0.3 is 0 Å². The average molecular weight is 670 g/mol. The molecule has 0 spiro atoms. The van der Waals surface area contributed by atoms with Crippen molar-refractivity contribution in [2.45, 2.75) is 19.3 Å². The zero-order valence-electron chi connectivity index (χ0n) is 28.9. The number of aldehydes is 1. The van der Waals surface area contributed by atoms with E-state index in [0.717, 1.165) is 61.7 Å². The molecule has 4 aromatic carbocycles. The molecule has 0 aliphatic carbocycles. The van der Waals surface area contributed by atoms with Gasteiger partial charge in [-0.25, -0.2) is 16.7 Å². The maximum Gasteiger partial charge on any atom is 0.298 e. The van der Waals surface area contributed by atoms with Crippen LogP contribution >= 0.6 is 0 Å². The van der Waals surface area contributed by atoms with Gasteiger partial charge in [-0.05, 0) is 60.8 Å². The van der Waals surface area contributed by atoms with E-state index in [-0.39, 0.29) is 12.2 Å². The Hall–Kier alpha value is -6.71. The van der Waals surface area contributed by atoms with Gasteiger partial charge in [-0.3, -0.25) is 4.79 Å². The normalized spacial score (nSPS) is 11.8. The Morgan fingerprint density at radius 1 is 0.725 bits per heavy atom. The fourth-order valence-corrected chi connectivity index (χ4v) is 6.06. The van der Waals surface area contributed by atoms with Crippen LogP contribution in [0.2, 0.25) is 0 Å². The summed E-state index contributed by atoms with van der Waals surface area (Å²) in [4.78, 5) is 17.5. The van der Waals surface area contributed by atoms with Crippen molar-refractivity contribution in [1.82, 2.24) is 14.5 Å². The summed E-state index contributed by atoms with van der Waals surface area (Å²) in [5.41, 5.74) is 8.05. The quantitative estimate of drug-likeness (QED) is 0.0876. The largest absolute Gasteiger partial charge is 0.343 e. The molecule has 0 radical (unpaired) electrons. The Kier molecular flexibility index (Phi) is 14.1. The predicted molar refractivity (Wildman–Crippen MR) is 206 cm³/mol. The van der Waals surface area contributed by atoms with Gasteiger partial charge in [0, 0.05) is 41.5 Å². The Balaban J connectivity index is 0.000000179. The molecule has 1 aliphatic heterocycles. The summed E-state index contributed by atoms with van der Waals surface area (Å²) in [6, 6.07) is 39.7. The standard InChI is InChI=1S/C19H13N3.C16H13NO.C5H11N.C3H2N2/c1-21-15(13-20)12-17-16-10-6-7-11-18(16)22(2)19(17)14-8-4-3-5-9-14;1-17-15-10-6-5-9-13(15)14(11-18)16(17)12-7-3-2-4-8-12;1-2-4-6-5-3-1;1-5-3-2-4/h3-12H,2H3;2-11H,1H3;6H,1-5H2;3H2/b15-12-;;;. The summed E-state index contributed by atoms with van der Waals surface area (Å²) in [6.45, 7) is 15.6. The maximum atomic E-state index is 11.4. The van der Waals surface area contributed by atoms with E-state index in [4.69, 9.17) is 23.7 Å². The van der Waals surface area contributed by atoms with Crippen LogP contribution in [0.5, 0.6) is 0 Å². The summed E-state index contributed by atoms with van der Waals surface area (Å²) >= 11 is 0. The number of hydrogen-bond donors (Lipinski definition) is 1. The molecule has 2 aromatic heterocycles. The number of allylic oxidation sites excluding steroid dienone is 1. The number of aromatic nitrogens is 2. The fraction of sp³-hybridized carbons (Fsp3) is 0.186. The van der Waals surface area contributed by atoms with Crippen molar-refractivity contribution >= 4 is 34.2 Å². The number of fused-ring (bicyclic) bond motifs is 2. The number of hydrogen-bond acceptors (Lipinski definition) is 4. The molecule has 1 saturated heterocycles. The first-order valence-electron chi connectivity index (χ1n) is 16.6. The average Bonchev–Trinajstić information content (AvgIpc) is 3.65. The van der Waals surface area contributed by atoms with Crippen molar-refractivity contribution in [2.75, 3.05) is 19.6 Å². The van der Waals surface area contributed by atoms with E-state index in [1.807, 2.05) is 129 Å². The molecule has 8 nitrogen and oxygen atoms in total. The third kappa shape index (κ3) is 9.26. The Labute approximate surface area is 299 Å². The lowest BCUT2D eigenvalue weighted by atomic mass is 10.0. The molecule has 0 amide bonds. The molecule has 0 bridgehead atoms. The van der Waals surface area contributed by atoms with Crippen molar-refractivity contribution in [3.63, 3.8) is 0 Å². The molecule has 6 aromatic rings. The minimum atomic E-state index is -0.0139. The van der Waals surface area contributed by atoms with Gasteiger partial charge in [0.1, 0.15) is 6.07 Å². The van der Waals surface area contributed by atoms with Crippen molar-refractivity contribution in [3.8, 4) is 34.7 Å².